The second-order valence-corrected chi connectivity index (χ2v) is 17.9. The molecule has 60 heavy (non-hydrogen) atoms. The Morgan fingerprint density at radius 1 is 0.717 bits per heavy atom. The number of phenols is 1. The predicted molar refractivity (Wildman–Crippen MR) is 204 cm³/mol. The molecule has 17 atom stereocenters. The van der Waals surface area contributed by atoms with E-state index in [0.717, 1.165) is 0 Å². The summed E-state index contributed by atoms with van der Waals surface area (Å²) < 4.78 is 42.7. The zero-order chi connectivity index (χ0) is 43.2. The highest BCUT2D eigenvalue weighted by atomic mass is 16.7. The average Bonchev–Trinajstić information content (AvgIpc) is 3.17. The van der Waals surface area contributed by atoms with Gasteiger partial charge in [0, 0.05) is 55.2 Å². The van der Waals surface area contributed by atoms with Gasteiger partial charge in [0.15, 0.2) is 41.8 Å². The minimum Gasteiger partial charge on any atom is -0.507 e. The number of phenolic OH excluding ortho intramolecular Hbond substituents is 1. The van der Waals surface area contributed by atoms with Crippen LogP contribution in [0, 0.1) is 0 Å². The van der Waals surface area contributed by atoms with Crippen LogP contribution < -0.4 is 0 Å². The molecule has 5 fully saturated rings. The summed E-state index contributed by atoms with van der Waals surface area (Å²) in [5, 5.41) is 76.8. The maximum Gasteiger partial charge on any atom is 0.198 e. The molecule has 0 spiro atoms. The first-order chi connectivity index (χ1) is 28.2. The van der Waals surface area contributed by atoms with Gasteiger partial charge in [-0.05, 0) is 59.6 Å². The van der Waals surface area contributed by atoms with Gasteiger partial charge in [-0.2, -0.15) is 0 Å². The van der Waals surface area contributed by atoms with Crippen molar-refractivity contribution in [2.45, 2.75) is 189 Å². The maximum absolute atomic E-state index is 14.7. The quantitative estimate of drug-likeness (QED) is 0.205. The van der Waals surface area contributed by atoms with Crippen molar-refractivity contribution in [3.05, 3.63) is 52.1 Å². The van der Waals surface area contributed by atoms with Gasteiger partial charge in [-0.1, -0.05) is 12.1 Å². The molecule has 1 aromatic carbocycles. The molecular weight excluding hydrogens is 788 g/mol. The average molecular weight is 845 g/mol. The van der Waals surface area contributed by atoms with Crippen molar-refractivity contribution < 1.29 is 83.3 Å². The second kappa shape index (κ2) is 16.0. The Labute approximate surface area is 346 Å². The summed E-state index contributed by atoms with van der Waals surface area (Å²) >= 11 is 0. The Morgan fingerprint density at radius 3 is 2.08 bits per heavy atom. The molecule has 0 aromatic heterocycles. The number of aliphatic hydroxyl groups excluding tert-OH is 4. The third-order valence-electron chi connectivity index (χ3n) is 13.3. The third-order valence-corrected chi connectivity index (χ3v) is 13.3. The van der Waals surface area contributed by atoms with Gasteiger partial charge in [-0.3, -0.25) is 14.4 Å². The highest BCUT2D eigenvalue weighted by Gasteiger charge is 2.69. The maximum atomic E-state index is 14.7. The molecule has 17 nitrogen and oxygen atoms in total. The van der Waals surface area contributed by atoms with Crippen LogP contribution in [0.25, 0.3) is 0 Å². The van der Waals surface area contributed by atoms with E-state index in [-0.39, 0.29) is 47.9 Å². The van der Waals surface area contributed by atoms with Crippen LogP contribution in [0.5, 0.6) is 5.75 Å². The van der Waals surface area contributed by atoms with Gasteiger partial charge in [0.05, 0.1) is 71.7 Å². The van der Waals surface area contributed by atoms with E-state index in [1.54, 1.807) is 20.8 Å². The molecular formula is C43H56O17. The Balaban J connectivity index is 1.03. The van der Waals surface area contributed by atoms with Crippen LogP contribution in [0.3, 0.4) is 0 Å². The van der Waals surface area contributed by atoms with Crippen LogP contribution in [-0.4, -0.2) is 150 Å². The number of rotatable bonds is 7. The Bertz CT molecular complexity index is 1930. The molecule has 7 N–H and O–H groups in total. The van der Waals surface area contributed by atoms with Crippen molar-refractivity contribution >= 4 is 17.3 Å². The lowest BCUT2D eigenvalue weighted by atomic mass is 9.57. The molecule has 0 bridgehead atoms. The number of benzene rings is 1. The predicted octanol–water partition coefficient (Wildman–Crippen LogP) is 1.49. The molecule has 0 amide bonds. The van der Waals surface area contributed by atoms with Crippen LogP contribution in [0.4, 0.5) is 0 Å². The highest BCUT2D eigenvalue weighted by Crippen LogP contribution is 2.55. The van der Waals surface area contributed by atoms with E-state index in [1.807, 2.05) is 6.92 Å². The Morgan fingerprint density at radius 2 is 1.38 bits per heavy atom. The number of carbonyl (C=O) groups excluding carboxylic acids is 3. The first-order valence-corrected chi connectivity index (χ1v) is 20.9. The largest absolute Gasteiger partial charge is 0.507 e. The summed E-state index contributed by atoms with van der Waals surface area (Å²) in [6.45, 7) is 8.11. The Hall–Kier alpha value is -3.01. The lowest BCUT2D eigenvalue weighted by molar-refractivity contribution is -0.306. The molecule has 0 unspecified atom stereocenters. The molecule has 1 saturated carbocycles. The number of ketones is 3. The molecule has 1 aromatic rings. The van der Waals surface area contributed by atoms with Crippen molar-refractivity contribution in [1.29, 1.82) is 0 Å². The van der Waals surface area contributed by atoms with Crippen LogP contribution in [0.1, 0.15) is 118 Å². The van der Waals surface area contributed by atoms with Crippen molar-refractivity contribution in [1.82, 2.24) is 0 Å². The van der Waals surface area contributed by atoms with Gasteiger partial charge < -0.3 is 68.9 Å². The number of allylic oxidation sites excluding steroid dienone is 2. The third kappa shape index (κ3) is 7.42. The molecule has 8 rings (SSSR count). The molecule has 4 heterocycles. The molecule has 3 aliphatic carbocycles. The van der Waals surface area contributed by atoms with E-state index in [9.17, 15) is 50.1 Å². The minimum atomic E-state index is -2.47. The van der Waals surface area contributed by atoms with Crippen LogP contribution in [0.15, 0.2) is 35.4 Å². The van der Waals surface area contributed by atoms with E-state index in [4.69, 9.17) is 33.2 Å². The van der Waals surface area contributed by atoms with Crippen LogP contribution in [0.2, 0.25) is 0 Å². The molecule has 4 saturated heterocycles. The summed E-state index contributed by atoms with van der Waals surface area (Å²) in [6.07, 6.45) is -8.39. The zero-order valence-electron chi connectivity index (χ0n) is 34.3. The SMILES string of the molecule is C[C@@H]1O[C@@H](O[C@@H]2C[C@H](c3ccc4c(c3O)C(=O)C3=C(C4=O)[C@@]4(O[C@H]5CC[C@H](O)[C@H](C)O5)C(=O)C[C@](C)(O)C[C@@]4(O)C=C3)O[C@H](C)[C@H]2O)CC[C@@H]1O[C@H]1C[C@@H](O)[C@H](O)[C@@H](C)O1. The van der Waals surface area contributed by atoms with E-state index in [1.165, 1.54) is 31.2 Å². The van der Waals surface area contributed by atoms with Gasteiger partial charge in [0.25, 0.3) is 0 Å². The van der Waals surface area contributed by atoms with Crippen LogP contribution in [-0.2, 0) is 38.0 Å². The molecule has 0 radical (unpaired) electrons. The zero-order valence-corrected chi connectivity index (χ0v) is 34.3. The number of fused-ring (bicyclic) bond motifs is 3. The van der Waals surface area contributed by atoms with Gasteiger partial charge >= 0.3 is 0 Å². The number of aromatic hydroxyl groups is 1. The summed E-state index contributed by atoms with van der Waals surface area (Å²) in [5.41, 5.74) is -7.56. The van der Waals surface area contributed by atoms with Gasteiger partial charge in [-0.25, -0.2) is 0 Å². The van der Waals surface area contributed by atoms with Gasteiger partial charge in [0.1, 0.15) is 23.6 Å². The molecule has 4 aliphatic heterocycles. The van der Waals surface area contributed by atoms with Gasteiger partial charge in [-0.15, -0.1) is 0 Å². The summed E-state index contributed by atoms with van der Waals surface area (Å²) in [6, 6.07) is 2.78. The van der Waals surface area contributed by atoms with Gasteiger partial charge in [0.2, 0.25) is 0 Å². The summed E-state index contributed by atoms with van der Waals surface area (Å²) in [4.78, 5) is 43.5. The smallest absolute Gasteiger partial charge is 0.198 e. The van der Waals surface area contributed by atoms with Crippen molar-refractivity contribution in [3.63, 3.8) is 0 Å². The fourth-order valence-electron chi connectivity index (χ4n) is 10.1. The standard InChI is InChI=1S/C43H56O17/c1-18-25(44)8-10-32(55-18)60-43-30(46)16-41(5,52)17-42(43,53)13-12-24-35(43)40(51)23-7-6-22(38(49)34(23)39(24)50)28-15-29(37(48)21(4)54-28)59-31-11-9-27(19(2)56-31)58-33-14-26(45)36(47)20(3)57-33/h6-7,12-13,18-21,25-29,31-33,36-37,44-45,47-49,52-53H,8-11,14-17H2,1-5H3/t18-,19-,20+,21+,25-,26+,27-,28+,29+,31-,32-,33-,36+,37+,41-,42-,43-/m0/s1. The lowest BCUT2D eigenvalue weighted by Gasteiger charge is -2.55. The number of carbonyl (C=O) groups is 3. The van der Waals surface area contributed by atoms with Crippen molar-refractivity contribution in [2.75, 3.05) is 0 Å². The van der Waals surface area contributed by atoms with Crippen LogP contribution >= 0.6 is 0 Å². The number of hydrogen-bond acceptors (Lipinski definition) is 17. The highest BCUT2D eigenvalue weighted by molar-refractivity contribution is 6.32. The number of ether oxygens (including phenoxy) is 7. The molecule has 17 heteroatoms. The van der Waals surface area contributed by atoms with E-state index < -0.39 is 144 Å². The monoisotopic (exact) mass is 844 g/mol. The lowest BCUT2D eigenvalue weighted by Crippen LogP contribution is -2.71. The van der Waals surface area contributed by atoms with E-state index in [0.29, 0.717) is 12.8 Å². The number of Topliss-reactive ketones (excluding diaryl/α,β-unsaturated/α-hetero) is 3. The minimum absolute atomic E-state index is 0.0307. The van der Waals surface area contributed by atoms with Crippen molar-refractivity contribution in [3.8, 4) is 5.75 Å². The fraction of sp³-hybridized carbons (Fsp3) is 0.698. The number of hydrogen-bond donors (Lipinski definition) is 7. The van der Waals surface area contributed by atoms with E-state index in [2.05, 4.69) is 0 Å². The van der Waals surface area contributed by atoms with Crippen molar-refractivity contribution in [2.24, 2.45) is 0 Å². The normalized spacial score (nSPS) is 45.9. The Kier molecular flexibility index (Phi) is 11.6. The second-order valence-electron chi connectivity index (χ2n) is 17.9. The fourth-order valence-corrected chi connectivity index (χ4v) is 10.1. The topological polar surface area (TPSA) is 257 Å². The first-order valence-electron chi connectivity index (χ1n) is 20.9. The summed E-state index contributed by atoms with van der Waals surface area (Å²) in [5.74, 6) is -3.03. The van der Waals surface area contributed by atoms with E-state index >= 15 is 0 Å². The molecule has 330 valence electrons. The number of aliphatic hydroxyl groups is 6. The first kappa shape index (κ1) is 43.6. The molecule has 7 aliphatic rings. The summed E-state index contributed by atoms with van der Waals surface area (Å²) in [7, 11) is 0.